The van der Waals surface area contributed by atoms with E-state index < -0.39 is 0 Å². The summed E-state index contributed by atoms with van der Waals surface area (Å²) in [6, 6.07) is 10.9. The normalized spacial score (nSPS) is 23.0. The van der Waals surface area contributed by atoms with Crippen molar-refractivity contribution in [2.45, 2.75) is 51.0 Å². The summed E-state index contributed by atoms with van der Waals surface area (Å²) in [5.41, 5.74) is 4.25. The predicted molar refractivity (Wildman–Crippen MR) is 104 cm³/mol. The van der Waals surface area contributed by atoms with E-state index in [0.717, 1.165) is 37.2 Å². The van der Waals surface area contributed by atoms with Crippen LogP contribution in [0.3, 0.4) is 0 Å². The van der Waals surface area contributed by atoms with Crippen molar-refractivity contribution in [2.75, 3.05) is 6.54 Å². The van der Waals surface area contributed by atoms with Gasteiger partial charge in [0.15, 0.2) is 0 Å². The van der Waals surface area contributed by atoms with Crippen molar-refractivity contribution >= 4 is 5.91 Å². The summed E-state index contributed by atoms with van der Waals surface area (Å²) in [5, 5.41) is 10.7. The van der Waals surface area contributed by atoms with Gasteiger partial charge in [-0.2, -0.15) is 0 Å². The molecule has 0 bridgehead atoms. The maximum atomic E-state index is 12.7. The molecule has 4 aliphatic rings. The first-order valence-corrected chi connectivity index (χ1v) is 10.2. The average Bonchev–Trinajstić information content (AvgIpc) is 3.42. The molecule has 4 nitrogen and oxygen atoms in total. The van der Waals surface area contributed by atoms with Crippen molar-refractivity contribution in [3.8, 4) is 0 Å². The van der Waals surface area contributed by atoms with Crippen molar-refractivity contribution in [1.29, 1.82) is 0 Å². The molecule has 140 valence electrons. The van der Waals surface area contributed by atoms with Crippen LogP contribution in [0.15, 0.2) is 65.3 Å². The summed E-state index contributed by atoms with van der Waals surface area (Å²) in [7, 11) is 0. The van der Waals surface area contributed by atoms with Crippen LogP contribution in [0.25, 0.3) is 0 Å². The van der Waals surface area contributed by atoms with Gasteiger partial charge in [-0.25, -0.2) is 0 Å². The van der Waals surface area contributed by atoms with Gasteiger partial charge in [-0.1, -0.05) is 30.3 Å². The lowest BCUT2D eigenvalue weighted by Crippen LogP contribution is -2.45. The molecule has 2 fully saturated rings. The van der Waals surface area contributed by atoms with Gasteiger partial charge in [-0.3, -0.25) is 4.79 Å². The molecule has 0 atom stereocenters. The van der Waals surface area contributed by atoms with Crippen LogP contribution in [0, 0.1) is 5.92 Å². The number of hydrogen-bond acceptors (Lipinski definition) is 3. The van der Waals surface area contributed by atoms with Crippen LogP contribution in [-0.4, -0.2) is 33.4 Å². The molecule has 1 aromatic rings. The third-order valence-corrected chi connectivity index (χ3v) is 6.17. The molecule has 1 amide bonds. The van der Waals surface area contributed by atoms with Gasteiger partial charge in [0.25, 0.3) is 0 Å². The Morgan fingerprint density at radius 3 is 2.52 bits per heavy atom. The summed E-state index contributed by atoms with van der Waals surface area (Å²) in [4.78, 5) is 16.9. The van der Waals surface area contributed by atoms with Gasteiger partial charge in [0.2, 0.25) is 5.91 Å². The monoisotopic (exact) mass is 362 g/mol. The molecule has 2 aliphatic heterocycles. The zero-order chi connectivity index (χ0) is 18.4. The Bertz CT molecular complexity index is 844. The number of aliphatic hydroxyl groups excluding tert-OH is 1. The minimum Gasteiger partial charge on any atom is -0.510 e. The summed E-state index contributed by atoms with van der Waals surface area (Å²) < 4.78 is 0. The molecule has 0 radical (unpaired) electrons. The van der Waals surface area contributed by atoms with Crippen LogP contribution in [0.4, 0.5) is 0 Å². The first-order valence-electron chi connectivity index (χ1n) is 10.2. The number of fused-ring (bicyclic) bond motifs is 1. The van der Waals surface area contributed by atoms with Crippen LogP contribution in [-0.2, 0) is 11.2 Å². The molecule has 5 rings (SSSR count). The Balaban J connectivity index is 1.53. The molecule has 0 spiro atoms. The second-order valence-corrected chi connectivity index (χ2v) is 8.31. The minimum atomic E-state index is 0.0314. The van der Waals surface area contributed by atoms with E-state index in [2.05, 4.69) is 41.4 Å². The number of rotatable bonds is 5. The van der Waals surface area contributed by atoms with Crippen molar-refractivity contribution in [3.05, 3.63) is 70.9 Å². The lowest BCUT2D eigenvalue weighted by atomic mass is 9.88. The lowest BCUT2D eigenvalue weighted by molar-refractivity contribution is -0.130. The Morgan fingerprint density at radius 2 is 1.85 bits per heavy atom. The van der Waals surface area contributed by atoms with E-state index in [1.165, 1.54) is 30.4 Å². The van der Waals surface area contributed by atoms with Gasteiger partial charge in [0.1, 0.15) is 11.5 Å². The van der Waals surface area contributed by atoms with Gasteiger partial charge >= 0.3 is 0 Å². The maximum absolute atomic E-state index is 12.7. The van der Waals surface area contributed by atoms with Crippen LogP contribution >= 0.6 is 0 Å². The summed E-state index contributed by atoms with van der Waals surface area (Å²) in [5.74, 6) is 0.890. The minimum absolute atomic E-state index is 0.0314. The first-order chi connectivity index (χ1) is 13.2. The largest absolute Gasteiger partial charge is 0.510 e. The third kappa shape index (κ3) is 3.18. The molecule has 2 heterocycles. The van der Waals surface area contributed by atoms with E-state index in [1.807, 2.05) is 11.0 Å². The van der Waals surface area contributed by atoms with E-state index in [1.54, 1.807) is 0 Å². The molecular formula is C23H26N2O2. The maximum Gasteiger partial charge on any atom is 0.234 e. The fourth-order valence-corrected chi connectivity index (χ4v) is 4.26. The van der Waals surface area contributed by atoms with Gasteiger partial charge in [0, 0.05) is 18.8 Å². The predicted octanol–water partition coefficient (Wildman–Crippen LogP) is 4.28. The molecule has 0 aromatic heterocycles. The quantitative estimate of drug-likeness (QED) is 0.850. The van der Waals surface area contributed by atoms with Gasteiger partial charge < -0.3 is 14.9 Å². The van der Waals surface area contributed by atoms with E-state index in [-0.39, 0.29) is 18.1 Å². The number of benzene rings is 1. The third-order valence-electron chi connectivity index (χ3n) is 6.17. The highest BCUT2D eigenvalue weighted by molar-refractivity contribution is 5.84. The highest BCUT2D eigenvalue weighted by atomic mass is 16.3. The molecule has 0 unspecified atom stereocenters. The van der Waals surface area contributed by atoms with E-state index >= 15 is 0 Å². The van der Waals surface area contributed by atoms with Gasteiger partial charge in [-0.05, 0) is 61.7 Å². The molecule has 2 aliphatic carbocycles. The number of hydrogen-bond donors (Lipinski definition) is 1. The Kier molecular flexibility index (Phi) is 4.07. The number of nitrogens with zero attached hydrogens (tertiary/aromatic N) is 2. The Morgan fingerprint density at radius 1 is 1.07 bits per heavy atom. The molecule has 1 N–H and O–H groups in total. The van der Waals surface area contributed by atoms with Gasteiger partial charge in [0.05, 0.1) is 12.1 Å². The van der Waals surface area contributed by atoms with Crippen LogP contribution in [0.1, 0.15) is 44.1 Å². The van der Waals surface area contributed by atoms with Crippen molar-refractivity contribution in [3.63, 3.8) is 0 Å². The number of carbonyl (C=O) groups excluding carboxylic acids is 1. The number of amides is 1. The summed E-state index contributed by atoms with van der Waals surface area (Å²) in [6.07, 6.45) is 11.3. The number of allylic oxidation sites excluding steroid dienone is 2. The first kappa shape index (κ1) is 16.7. The van der Waals surface area contributed by atoms with Crippen molar-refractivity contribution < 1.29 is 9.90 Å². The molecular weight excluding hydrogens is 336 g/mol. The molecule has 27 heavy (non-hydrogen) atoms. The number of carbonyl (C=O) groups is 1. The van der Waals surface area contributed by atoms with E-state index in [9.17, 15) is 9.90 Å². The molecule has 4 heteroatoms. The van der Waals surface area contributed by atoms with Crippen molar-refractivity contribution in [1.82, 2.24) is 9.80 Å². The van der Waals surface area contributed by atoms with Gasteiger partial charge in [-0.15, -0.1) is 0 Å². The number of aliphatic hydroxyl groups is 1. The van der Waals surface area contributed by atoms with Crippen LogP contribution in [0.2, 0.25) is 0 Å². The second-order valence-electron chi connectivity index (χ2n) is 8.31. The zero-order valence-corrected chi connectivity index (χ0v) is 15.6. The topological polar surface area (TPSA) is 43.8 Å². The zero-order valence-electron chi connectivity index (χ0n) is 15.6. The molecule has 2 saturated carbocycles. The smallest absolute Gasteiger partial charge is 0.234 e. The highest BCUT2D eigenvalue weighted by Gasteiger charge is 2.40. The second kappa shape index (κ2) is 6.59. The highest BCUT2D eigenvalue weighted by Crippen LogP contribution is 2.42. The fraction of sp³-hybridized carbons (Fsp3) is 0.435. The molecule has 0 saturated heterocycles. The van der Waals surface area contributed by atoms with Crippen molar-refractivity contribution in [2.24, 2.45) is 5.92 Å². The fourth-order valence-electron chi connectivity index (χ4n) is 4.26. The van der Waals surface area contributed by atoms with Crippen LogP contribution < -0.4 is 0 Å². The lowest BCUT2D eigenvalue weighted by Gasteiger charge is -2.45. The Labute approximate surface area is 160 Å². The van der Waals surface area contributed by atoms with E-state index in [4.69, 9.17) is 0 Å². The van der Waals surface area contributed by atoms with E-state index in [0.29, 0.717) is 12.0 Å². The van der Waals surface area contributed by atoms with Crippen LogP contribution in [0.5, 0.6) is 0 Å². The molecule has 1 aromatic carbocycles. The average molecular weight is 362 g/mol. The summed E-state index contributed by atoms with van der Waals surface area (Å²) in [6.45, 7) is 0.790. The standard InChI is InChI=1S/C23H26N2O2/c26-21-13-22(27)25(14-17-9-10-17)20-12-18(11-16-5-2-1-3-6-16)15-24(23(20)21)19-7-4-8-19/h1-3,5-6,12,15,17,19,26H,4,7-11,13-14H2. The Hall–Kier alpha value is -2.49. The summed E-state index contributed by atoms with van der Waals surface area (Å²) >= 11 is 0. The SMILES string of the molecule is O=C1CC(O)=C2C(=CC(Cc3ccccc3)=CN2C2CCC2)N1CC1CC1.